The number of benzene rings is 1. The molecular weight excluding hydrogens is 283 g/mol. The van der Waals surface area contributed by atoms with Crippen molar-refractivity contribution in [1.29, 1.82) is 0 Å². The molecule has 4 heteroatoms. The molecule has 1 heterocycles. The highest BCUT2D eigenvalue weighted by molar-refractivity contribution is 9.10. The Hall–Kier alpha value is -0.770. The maximum Gasteiger partial charge on any atom is 0.139 e. The Morgan fingerprint density at radius 2 is 2.12 bits per heavy atom. The molecule has 1 fully saturated rings. The number of hydrogen-bond acceptors (Lipinski definition) is 2. The molecular formula is C13H18BrFN2. The van der Waals surface area contributed by atoms with Crippen molar-refractivity contribution >= 4 is 27.3 Å². The van der Waals surface area contributed by atoms with Crippen LogP contribution in [-0.4, -0.2) is 13.1 Å². The van der Waals surface area contributed by atoms with Crippen LogP contribution < -0.4 is 10.6 Å². The summed E-state index contributed by atoms with van der Waals surface area (Å²) in [6.45, 7) is 6.48. The fourth-order valence-electron chi connectivity index (χ4n) is 2.45. The van der Waals surface area contributed by atoms with Gasteiger partial charge in [-0.1, -0.05) is 13.8 Å². The molecule has 0 spiro atoms. The average molecular weight is 301 g/mol. The van der Waals surface area contributed by atoms with Crippen LogP contribution in [0, 0.1) is 11.2 Å². The van der Waals surface area contributed by atoms with E-state index in [1.54, 1.807) is 6.07 Å². The predicted molar refractivity (Wildman–Crippen MR) is 73.7 cm³/mol. The molecule has 0 aromatic heterocycles. The van der Waals surface area contributed by atoms with Gasteiger partial charge in [-0.05, 0) is 40.3 Å². The molecule has 17 heavy (non-hydrogen) atoms. The zero-order chi connectivity index (χ0) is 12.6. The lowest BCUT2D eigenvalue weighted by molar-refractivity contribution is 0.293. The molecule has 1 aromatic rings. The second-order valence-electron chi connectivity index (χ2n) is 5.51. The molecule has 0 unspecified atom stereocenters. The Labute approximate surface area is 110 Å². The Balaban J connectivity index is 2.31. The fourth-order valence-corrected chi connectivity index (χ4v) is 2.79. The molecule has 2 N–H and O–H groups in total. The summed E-state index contributed by atoms with van der Waals surface area (Å²) in [6.07, 6.45) is 2.38. The first-order valence-corrected chi connectivity index (χ1v) is 6.68. The van der Waals surface area contributed by atoms with Gasteiger partial charge in [0, 0.05) is 19.2 Å². The summed E-state index contributed by atoms with van der Waals surface area (Å²) >= 11 is 3.22. The maximum absolute atomic E-state index is 13.3. The van der Waals surface area contributed by atoms with Gasteiger partial charge in [0.25, 0.3) is 0 Å². The summed E-state index contributed by atoms with van der Waals surface area (Å²) in [5.41, 5.74) is 7.66. The largest absolute Gasteiger partial charge is 0.397 e. The van der Waals surface area contributed by atoms with E-state index in [4.69, 9.17) is 5.73 Å². The Kier molecular flexibility index (Phi) is 3.34. The van der Waals surface area contributed by atoms with E-state index in [1.807, 2.05) is 0 Å². The monoisotopic (exact) mass is 300 g/mol. The lowest BCUT2D eigenvalue weighted by Gasteiger charge is -2.40. The Morgan fingerprint density at radius 3 is 2.76 bits per heavy atom. The molecule has 94 valence electrons. The predicted octanol–water partition coefficient (Wildman–Crippen LogP) is 3.80. The molecule has 0 radical (unpaired) electrons. The summed E-state index contributed by atoms with van der Waals surface area (Å²) in [5.74, 6) is -0.303. The van der Waals surface area contributed by atoms with Crippen molar-refractivity contribution in [1.82, 2.24) is 0 Å². The molecule has 2 nitrogen and oxygen atoms in total. The highest BCUT2D eigenvalue weighted by Gasteiger charge is 2.27. The molecule has 0 atom stereocenters. The number of nitrogens with two attached hydrogens (primary N) is 1. The summed E-state index contributed by atoms with van der Waals surface area (Å²) in [6, 6.07) is 3.17. The Morgan fingerprint density at radius 1 is 1.41 bits per heavy atom. The van der Waals surface area contributed by atoms with Gasteiger partial charge in [0.05, 0.1) is 15.8 Å². The third-order valence-electron chi connectivity index (χ3n) is 3.31. The Bertz CT molecular complexity index is 432. The van der Waals surface area contributed by atoms with E-state index in [-0.39, 0.29) is 5.82 Å². The van der Waals surface area contributed by atoms with Crippen molar-refractivity contribution < 1.29 is 4.39 Å². The first-order chi connectivity index (χ1) is 7.89. The van der Waals surface area contributed by atoms with Crippen molar-refractivity contribution in [2.24, 2.45) is 5.41 Å². The second-order valence-corrected chi connectivity index (χ2v) is 6.37. The second kappa shape index (κ2) is 4.48. The van der Waals surface area contributed by atoms with Crippen molar-refractivity contribution in [2.45, 2.75) is 26.7 Å². The van der Waals surface area contributed by atoms with E-state index >= 15 is 0 Å². The molecule has 1 aliphatic heterocycles. The number of nitrogen functional groups attached to an aromatic ring is 1. The van der Waals surface area contributed by atoms with Gasteiger partial charge in [0.15, 0.2) is 0 Å². The highest BCUT2D eigenvalue weighted by atomic mass is 79.9. The van der Waals surface area contributed by atoms with E-state index < -0.39 is 0 Å². The van der Waals surface area contributed by atoms with Crippen LogP contribution in [0.3, 0.4) is 0 Å². The maximum atomic E-state index is 13.3. The van der Waals surface area contributed by atoms with Gasteiger partial charge in [-0.2, -0.15) is 0 Å². The number of rotatable bonds is 1. The number of nitrogens with zero attached hydrogens (tertiary/aromatic N) is 1. The molecule has 1 aromatic carbocycles. The minimum atomic E-state index is -0.303. The standard InChI is InChI=1S/C13H18BrFN2/c1-13(2)4-3-5-17(8-13)12-6-9(14)10(15)7-11(12)16/h6-7H,3-5,8,16H2,1-2H3. The minimum absolute atomic E-state index is 0.297. The lowest BCUT2D eigenvalue weighted by atomic mass is 9.84. The van der Waals surface area contributed by atoms with Crippen LogP contribution in [0.4, 0.5) is 15.8 Å². The molecule has 0 saturated carbocycles. The zero-order valence-electron chi connectivity index (χ0n) is 10.3. The van der Waals surface area contributed by atoms with Crippen molar-refractivity contribution in [3.05, 3.63) is 22.4 Å². The summed E-state index contributed by atoms with van der Waals surface area (Å²) < 4.78 is 13.8. The summed E-state index contributed by atoms with van der Waals surface area (Å²) in [7, 11) is 0. The van der Waals surface area contributed by atoms with Crippen molar-refractivity contribution in [3.63, 3.8) is 0 Å². The van der Waals surface area contributed by atoms with Gasteiger partial charge in [-0.3, -0.25) is 0 Å². The normalized spacial score (nSPS) is 19.4. The lowest BCUT2D eigenvalue weighted by Crippen LogP contribution is -2.40. The van der Waals surface area contributed by atoms with E-state index in [9.17, 15) is 4.39 Å². The molecule has 1 saturated heterocycles. The van der Waals surface area contributed by atoms with Crippen LogP contribution in [0.2, 0.25) is 0 Å². The van der Waals surface area contributed by atoms with E-state index in [2.05, 4.69) is 34.7 Å². The van der Waals surface area contributed by atoms with Gasteiger partial charge in [-0.15, -0.1) is 0 Å². The van der Waals surface area contributed by atoms with Crippen LogP contribution in [0.5, 0.6) is 0 Å². The minimum Gasteiger partial charge on any atom is -0.397 e. The molecule has 1 aliphatic rings. The SMILES string of the molecule is CC1(C)CCCN(c2cc(Br)c(F)cc2N)C1. The van der Waals surface area contributed by atoms with Crippen LogP contribution in [-0.2, 0) is 0 Å². The molecule has 2 rings (SSSR count). The summed E-state index contributed by atoms with van der Waals surface area (Å²) in [4.78, 5) is 2.25. The summed E-state index contributed by atoms with van der Waals surface area (Å²) in [5, 5.41) is 0. The topological polar surface area (TPSA) is 29.3 Å². The van der Waals surface area contributed by atoms with Gasteiger partial charge in [-0.25, -0.2) is 4.39 Å². The van der Waals surface area contributed by atoms with Crippen molar-refractivity contribution in [3.8, 4) is 0 Å². The molecule has 0 amide bonds. The zero-order valence-corrected chi connectivity index (χ0v) is 11.8. The van der Waals surface area contributed by atoms with Gasteiger partial charge < -0.3 is 10.6 Å². The fraction of sp³-hybridized carbons (Fsp3) is 0.538. The third-order valence-corrected chi connectivity index (χ3v) is 3.92. The number of halogens is 2. The van der Waals surface area contributed by atoms with E-state index in [0.717, 1.165) is 25.2 Å². The highest BCUT2D eigenvalue weighted by Crippen LogP contribution is 2.36. The van der Waals surface area contributed by atoms with E-state index in [0.29, 0.717) is 15.6 Å². The first-order valence-electron chi connectivity index (χ1n) is 5.88. The average Bonchev–Trinajstić information content (AvgIpc) is 2.22. The quantitative estimate of drug-likeness (QED) is 0.800. The van der Waals surface area contributed by atoms with Crippen LogP contribution in [0.1, 0.15) is 26.7 Å². The molecule has 0 aliphatic carbocycles. The number of piperidine rings is 1. The number of hydrogen-bond donors (Lipinski definition) is 1. The first kappa shape index (κ1) is 12.7. The smallest absolute Gasteiger partial charge is 0.139 e. The van der Waals surface area contributed by atoms with Gasteiger partial charge in [0.1, 0.15) is 5.82 Å². The van der Waals surface area contributed by atoms with Gasteiger partial charge >= 0.3 is 0 Å². The third kappa shape index (κ3) is 2.73. The number of anilines is 2. The molecule has 0 bridgehead atoms. The van der Waals surface area contributed by atoms with Crippen LogP contribution in [0.15, 0.2) is 16.6 Å². The van der Waals surface area contributed by atoms with Crippen molar-refractivity contribution in [2.75, 3.05) is 23.7 Å². The van der Waals surface area contributed by atoms with E-state index in [1.165, 1.54) is 12.5 Å². The van der Waals surface area contributed by atoms with Crippen LogP contribution >= 0.6 is 15.9 Å². The van der Waals surface area contributed by atoms with Gasteiger partial charge in [0.2, 0.25) is 0 Å². The van der Waals surface area contributed by atoms with Crippen LogP contribution in [0.25, 0.3) is 0 Å².